The molecule has 0 spiro atoms. The van der Waals surface area contributed by atoms with Crippen molar-refractivity contribution in [3.8, 4) is 0 Å². The molecule has 4 aromatic rings. The lowest BCUT2D eigenvalue weighted by molar-refractivity contribution is -0.141. The zero-order chi connectivity index (χ0) is 69.8. The smallest absolute Gasteiger partial charge is 0.305 e. The van der Waals surface area contributed by atoms with Crippen molar-refractivity contribution in [1.82, 2.24) is 47.4 Å². The highest BCUT2D eigenvalue weighted by molar-refractivity contribution is 6.04. The van der Waals surface area contributed by atoms with E-state index in [2.05, 4.69) is 52.8 Å². The minimum atomic E-state index is -1.83. The third kappa shape index (κ3) is 22.9. The number of anilines is 1. The Balaban J connectivity index is 1.44. The van der Waals surface area contributed by atoms with E-state index in [0.29, 0.717) is 47.9 Å². The Morgan fingerprint density at radius 2 is 1.05 bits per heavy atom. The van der Waals surface area contributed by atoms with Crippen LogP contribution in [0.5, 0.6) is 0 Å². The number of nitrogens with two attached hydrogens (primary N) is 3. The molecule has 1 saturated heterocycles. The monoisotopic (exact) mass is 1320 g/mol. The summed E-state index contributed by atoms with van der Waals surface area (Å²) in [6.45, 7) is 6.51. The Kier molecular flexibility index (Phi) is 29.5. The maximum atomic E-state index is 14.9. The highest BCUT2D eigenvalue weighted by Crippen LogP contribution is 2.26. The number of carboxylic acid groups (broad SMARTS) is 1. The number of hydrogen-bond acceptors (Lipinski definition) is 14. The average molecular weight is 1330 g/mol. The van der Waals surface area contributed by atoms with Crippen LogP contribution in [-0.4, -0.2) is 167 Å². The lowest BCUT2D eigenvalue weighted by Crippen LogP contribution is -2.61. The number of carbonyl (C=O) groups is 11. The van der Waals surface area contributed by atoms with Gasteiger partial charge in [0.1, 0.15) is 54.4 Å². The van der Waals surface area contributed by atoms with Crippen LogP contribution in [0, 0.1) is 11.8 Å². The van der Waals surface area contributed by atoms with Crippen molar-refractivity contribution < 1.29 is 63.0 Å². The number of hydrogen-bond donors (Lipinski definition) is 14. The van der Waals surface area contributed by atoms with E-state index in [0.717, 1.165) is 0 Å². The van der Waals surface area contributed by atoms with Gasteiger partial charge in [0, 0.05) is 37.2 Å². The molecule has 10 atom stereocenters. The summed E-state index contributed by atoms with van der Waals surface area (Å²) < 4.78 is 0. The van der Waals surface area contributed by atoms with Gasteiger partial charge < -0.3 is 80.2 Å². The summed E-state index contributed by atoms with van der Waals surface area (Å²) in [6, 6.07) is 17.5. The number of para-hydroxylation sites is 1. The van der Waals surface area contributed by atoms with Crippen LogP contribution in [0.1, 0.15) is 125 Å². The molecule has 1 fully saturated rings. The quantitative estimate of drug-likeness (QED) is 0.0359. The fraction of sp³-hybridized carbons (Fsp3) is 0.449. The number of benzene rings is 4. The van der Waals surface area contributed by atoms with E-state index in [-0.39, 0.29) is 87.7 Å². The summed E-state index contributed by atoms with van der Waals surface area (Å²) in [6.07, 6.45) is 3.68. The summed E-state index contributed by atoms with van der Waals surface area (Å²) in [5, 5.41) is 45.1. The lowest BCUT2D eigenvalue weighted by Gasteiger charge is -2.30. The van der Waals surface area contributed by atoms with E-state index in [1.54, 1.807) is 149 Å². The number of aliphatic imine (C=N–C) groups is 1. The predicted molar refractivity (Wildman–Crippen MR) is 361 cm³/mol. The third-order valence-electron chi connectivity index (χ3n) is 16.6. The number of unbranched alkanes of at least 4 members (excludes halogenated alkanes) is 1. The van der Waals surface area contributed by atoms with Crippen molar-refractivity contribution in [2.45, 2.75) is 159 Å². The fourth-order valence-electron chi connectivity index (χ4n) is 11.2. The standard InChI is InChI=1S/C69H92N14O13/c1-5-42(4)58-67(95)76-50(29-18-34-73-69(71)72)59(87)75-49(28-16-17-33-70)60(88)81-55(40-84)65(93)74-48-27-15-13-25-46(48)32-31-45-24-12-14-26-47(45)68(96)83-35-19-30-56(83)66(94)80-52(37-43-20-8-6-9-21-43)62(90)79-54(39-57(85)86)63(91)77-51(36-41(2)3)61(89)78-53(64(92)82-58)38-44-22-10-7-11-23-44/h6-15,20-27,31-32,41-42,49-56,58,84H,5,16-19,28-30,33-40,70H2,1-4H3,(H,74,93)(H,75,87)(H,76,95)(H,77,91)(H,78,89)(H,79,90)(H,80,94)(H,81,88)(H,82,92)(H,85,86)(H4,71,72,73)/t42-,49-,50-,51-,52-,53-,54-,55-,56-,58-/m0/s1. The van der Waals surface area contributed by atoms with E-state index in [1.807, 2.05) is 0 Å². The van der Waals surface area contributed by atoms with Crippen LogP contribution in [0.3, 0.4) is 0 Å². The fourth-order valence-corrected chi connectivity index (χ4v) is 11.2. The topological polar surface area (TPSA) is 430 Å². The van der Waals surface area contributed by atoms with Crippen LogP contribution in [0.4, 0.5) is 5.69 Å². The molecular formula is C69H92N14O13. The molecule has 2 aliphatic heterocycles. The van der Waals surface area contributed by atoms with Gasteiger partial charge in [-0.1, -0.05) is 143 Å². The molecule has 0 aromatic heterocycles. The number of rotatable bonds is 19. The molecule has 4 aromatic carbocycles. The van der Waals surface area contributed by atoms with Gasteiger partial charge in [-0.3, -0.25) is 57.7 Å². The summed E-state index contributed by atoms with van der Waals surface area (Å²) in [5.74, 6) is -11.0. The van der Waals surface area contributed by atoms with Crippen LogP contribution in [-0.2, 0) is 60.8 Å². The second-order valence-corrected chi connectivity index (χ2v) is 24.5. The molecule has 516 valence electrons. The number of fused-ring (bicyclic) bond motifs is 3. The lowest BCUT2D eigenvalue weighted by atomic mass is 9.96. The number of aliphatic hydroxyl groups is 1. The first-order valence-electron chi connectivity index (χ1n) is 32.6. The molecule has 96 heavy (non-hydrogen) atoms. The Bertz CT molecular complexity index is 3400. The molecule has 0 aliphatic carbocycles. The van der Waals surface area contributed by atoms with Crippen molar-refractivity contribution in [3.05, 3.63) is 137 Å². The van der Waals surface area contributed by atoms with Gasteiger partial charge in [-0.15, -0.1) is 0 Å². The van der Waals surface area contributed by atoms with Gasteiger partial charge in [-0.25, -0.2) is 0 Å². The molecule has 6 rings (SSSR count). The molecular weight excluding hydrogens is 1230 g/mol. The van der Waals surface area contributed by atoms with Crippen molar-refractivity contribution >= 4 is 88.8 Å². The van der Waals surface area contributed by atoms with E-state index < -0.39 is 138 Å². The molecule has 0 saturated carbocycles. The number of aliphatic hydroxyl groups excluding tert-OH is 1. The maximum Gasteiger partial charge on any atom is 0.305 e. The molecule has 27 nitrogen and oxygen atoms in total. The number of carboxylic acids is 1. The molecule has 2 aliphatic rings. The van der Waals surface area contributed by atoms with Crippen molar-refractivity contribution in [2.75, 3.05) is 31.6 Å². The first-order valence-corrected chi connectivity index (χ1v) is 32.6. The molecule has 10 amide bonds. The number of guanidine groups is 1. The number of aliphatic carboxylic acids is 1. The number of amides is 10. The van der Waals surface area contributed by atoms with Gasteiger partial charge in [0.25, 0.3) is 5.91 Å². The summed E-state index contributed by atoms with van der Waals surface area (Å²) >= 11 is 0. The second-order valence-electron chi connectivity index (χ2n) is 24.5. The van der Waals surface area contributed by atoms with E-state index in [9.17, 15) is 63.0 Å². The molecule has 2 heterocycles. The zero-order valence-electron chi connectivity index (χ0n) is 54.7. The van der Waals surface area contributed by atoms with Crippen LogP contribution >= 0.6 is 0 Å². The van der Waals surface area contributed by atoms with Gasteiger partial charge in [-0.05, 0) is 104 Å². The van der Waals surface area contributed by atoms with Gasteiger partial charge in [-0.2, -0.15) is 0 Å². The summed E-state index contributed by atoms with van der Waals surface area (Å²) in [7, 11) is 0. The average Bonchev–Trinajstić information content (AvgIpc) is 1.42. The van der Waals surface area contributed by atoms with E-state index in [1.165, 1.54) is 4.90 Å². The summed E-state index contributed by atoms with van der Waals surface area (Å²) in [4.78, 5) is 164. The van der Waals surface area contributed by atoms with Crippen LogP contribution < -0.4 is 65.1 Å². The van der Waals surface area contributed by atoms with Crippen molar-refractivity contribution in [2.24, 2.45) is 34.0 Å². The Labute approximate surface area is 558 Å². The molecule has 17 N–H and O–H groups in total. The van der Waals surface area contributed by atoms with E-state index >= 15 is 0 Å². The molecule has 0 bridgehead atoms. The number of carbonyl (C=O) groups excluding carboxylic acids is 10. The first kappa shape index (κ1) is 75.0. The zero-order valence-corrected chi connectivity index (χ0v) is 54.7. The minimum absolute atomic E-state index is 0.00288. The largest absolute Gasteiger partial charge is 0.481 e. The van der Waals surface area contributed by atoms with Crippen molar-refractivity contribution in [1.29, 1.82) is 0 Å². The Morgan fingerprint density at radius 3 is 1.65 bits per heavy atom. The SMILES string of the molecule is CC[C@H](C)[C@@H]1NC(=O)[C@H](Cc2ccccc2)NC(=O)[C@H](CC(C)C)NC(=O)[C@H](CC(=O)O)NC(=O)[C@H](Cc2ccccc2)NC(=O)[C@@H]2CCCN2C(=O)c2ccccc2C=Cc2ccccc2NC(=O)[C@H](CO)NC(=O)[C@H](CCCCN)NC(=O)[C@H](CCCN=C(N)N)NC1=O. The highest BCUT2D eigenvalue weighted by Gasteiger charge is 2.40. The van der Waals surface area contributed by atoms with Crippen LogP contribution in [0.25, 0.3) is 12.2 Å². The van der Waals surface area contributed by atoms with Crippen molar-refractivity contribution in [3.63, 3.8) is 0 Å². The Hall–Kier alpha value is -10.0. The molecule has 27 heteroatoms. The summed E-state index contributed by atoms with van der Waals surface area (Å²) in [5.41, 5.74) is 19.5. The van der Waals surface area contributed by atoms with Gasteiger partial charge in [0.2, 0.25) is 53.2 Å². The first-order chi connectivity index (χ1) is 46.0. The van der Waals surface area contributed by atoms with Crippen LogP contribution in [0.15, 0.2) is 114 Å². The maximum absolute atomic E-state index is 14.9. The number of nitrogens with one attached hydrogen (secondary N) is 9. The van der Waals surface area contributed by atoms with Crippen LogP contribution in [0.2, 0.25) is 0 Å². The van der Waals surface area contributed by atoms with Gasteiger partial charge in [0.05, 0.1) is 13.0 Å². The normalized spacial score (nSPS) is 22.9. The van der Waals surface area contributed by atoms with Gasteiger partial charge >= 0.3 is 5.97 Å². The van der Waals surface area contributed by atoms with Gasteiger partial charge in [0.15, 0.2) is 5.96 Å². The second kappa shape index (κ2) is 37.8. The third-order valence-corrected chi connectivity index (χ3v) is 16.6. The minimum Gasteiger partial charge on any atom is -0.481 e. The predicted octanol–water partition coefficient (Wildman–Crippen LogP) is 1.52. The van der Waals surface area contributed by atoms with E-state index in [4.69, 9.17) is 17.2 Å². The number of nitrogens with zero attached hydrogens (tertiary/aromatic N) is 2. The Morgan fingerprint density at radius 1 is 0.562 bits per heavy atom. The highest BCUT2D eigenvalue weighted by atomic mass is 16.4. The molecule has 0 unspecified atom stereocenters. The molecule has 0 radical (unpaired) electrons.